The topological polar surface area (TPSA) is 144 Å². The number of aromatic hydroxyl groups is 1. The van der Waals surface area contributed by atoms with Crippen LogP contribution in [0.15, 0.2) is 24.3 Å². The van der Waals surface area contributed by atoms with Gasteiger partial charge >= 0.3 is 5.97 Å². The van der Waals surface area contributed by atoms with Gasteiger partial charge in [0, 0.05) is 31.0 Å². The predicted molar refractivity (Wildman–Crippen MR) is 105 cm³/mol. The van der Waals surface area contributed by atoms with Crippen molar-refractivity contribution in [3.05, 3.63) is 46.6 Å². The molecule has 4 N–H and O–H groups in total. The first-order valence-corrected chi connectivity index (χ1v) is 9.58. The lowest BCUT2D eigenvalue weighted by Gasteiger charge is -2.40. The van der Waals surface area contributed by atoms with E-state index < -0.39 is 52.6 Å². The van der Waals surface area contributed by atoms with Gasteiger partial charge in [-0.1, -0.05) is 24.3 Å². The number of aliphatic hydroxyl groups excluding tert-OH is 1. The van der Waals surface area contributed by atoms with Crippen LogP contribution in [0.1, 0.15) is 58.2 Å². The Labute approximate surface area is 172 Å². The van der Waals surface area contributed by atoms with Crippen molar-refractivity contribution >= 4 is 29.0 Å². The molecule has 0 saturated heterocycles. The van der Waals surface area contributed by atoms with E-state index in [1.807, 2.05) is 0 Å². The van der Waals surface area contributed by atoms with Crippen molar-refractivity contribution in [1.29, 1.82) is 0 Å². The number of hydrogen-bond acceptors (Lipinski definition) is 8. The summed E-state index contributed by atoms with van der Waals surface area (Å²) in [6.07, 6.45) is 4.59. The smallest absolute Gasteiger partial charge is 0.303 e. The number of ether oxygens (including phenoxy) is 1. The third-order valence-electron chi connectivity index (χ3n) is 6.19. The van der Waals surface area contributed by atoms with Gasteiger partial charge < -0.3 is 20.7 Å². The highest BCUT2D eigenvalue weighted by Gasteiger charge is 2.50. The second kappa shape index (κ2) is 6.63. The third-order valence-corrected chi connectivity index (χ3v) is 6.19. The number of phenols is 1. The van der Waals surface area contributed by atoms with Crippen LogP contribution in [-0.2, 0) is 20.7 Å². The summed E-state index contributed by atoms with van der Waals surface area (Å²) in [6, 6.07) is 0. The van der Waals surface area contributed by atoms with Crippen LogP contribution in [0.3, 0.4) is 0 Å². The highest BCUT2D eigenvalue weighted by molar-refractivity contribution is 6.21. The molecule has 0 bridgehead atoms. The largest absolute Gasteiger partial charge is 0.507 e. The van der Waals surface area contributed by atoms with Gasteiger partial charge in [0.1, 0.15) is 5.75 Å². The minimum Gasteiger partial charge on any atom is -0.507 e. The van der Waals surface area contributed by atoms with Crippen LogP contribution >= 0.6 is 0 Å². The monoisotopic (exact) mass is 411 g/mol. The van der Waals surface area contributed by atoms with Crippen molar-refractivity contribution in [1.82, 2.24) is 0 Å². The van der Waals surface area contributed by atoms with E-state index in [1.54, 1.807) is 24.3 Å². The van der Waals surface area contributed by atoms with Crippen LogP contribution in [0.4, 0.5) is 5.69 Å². The summed E-state index contributed by atoms with van der Waals surface area (Å²) in [5, 5.41) is 21.7. The highest BCUT2D eigenvalue weighted by atomic mass is 16.6. The number of rotatable bonds is 2. The molecule has 0 fully saturated rings. The van der Waals surface area contributed by atoms with Crippen LogP contribution in [0.2, 0.25) is 0 Å². The van der Waals surface area contributed by atoms with Crippen LogP contribution < -0.4 is 5.73 Å². The number of allylic oxidation sites excluding steroid dienone is 4. The second-order valence-corrected chi connectivity index (χ2v) is 8.00. The van der Waals surface area contributed by atoms with Gasteiger partial charge in [-0.2, -0.15) is 0 Å². The fourth-order valence-corrected chi connectivity index (χ4v) is 4.78. The third kappa shape index (κ3) is 2.64. The van der Waals surface area contributed by atoms with Crippen molar-refractivity contribution in [2.75, 3.05) is 5.73 Å². The molecule has 156 valence electrons. The Kier molecular flexibility index (Phi) is 4.43. The number of aliphatic hydroxyl groups is 1. The minimum atomic E-state index is -1.68. The van der Waals surface area contributed by atoms with E-state index in [0.717, 1.165) is 6.92 Å². The maximum atomic E-state index is 13.2. The second-order valence-electron chi connectivity index (χ2n) is 8.00. The molecule has 8 heteroatoms. The average Bonchev–Trinajstić information content (AvgIpc) is 2.67. The molecule has 1 aromatic rings. The van der Waals surface area contributed by atoms with Crippen molar-refractivity contribution in [3.8, 4) is 5.75 Å². The van der Waals surface area contributed by atoms with Gasteiger partial charge in [-0.3, -0.25) is 19.2 Å². The number of nitrogens with two attached hydrogens (primary N) is 1. The van der Waals surface area contributed by atoms with E-state index in [4.69, 9.17) is 10.5 Å². The predicted octanol–water partition coefficient (Wildman–Crippen LogP) is 1.58. The Balaban J connectivity index is 1.96. The van der Waals surface area contributed by atoms with Gasteiger partial charge in [0.25, 0.3) is 0 Å². The lowest BCUT2D eigenvalue weighted by molar-refractivity contribution is -0.169. The fourth-order valence-electron chi connectivity index (χ4n) is 4.78. The van der Waals surface area contributed by atoms with E-state index in [1.165, 1.54) is 6.92 Å². The molecular weight excluding hydrogens is 390 g/mol. The molecular formula is C22H21NO7. The van der Waals surface area contributed by atoms with E-state index in [-0.39, 0.29) is 40.8 Å². The zero-order valence-corrected chi connectivity index (χ0v) is 16.5. The lowest BCUT2D eigenvalue weighted by Crippen LogP contribution is -2.48. The number of nitrogen functional groups attached to an aromatic ring is 1. The number of carbonyl (C=O) groups excluding carboxylic acids is 4. The molecule has 0 spiro atoms. The Bertz CT molecular complexity index is 1080. The average molecular weight is 411 g/mol. The number of fused-ring (bicyclic) bond motifs is 3. The lowest BCUT2D eigenvalue weighted by atomic mass is 9.67. The van der Waals surface area contributed by atoms with E-state index >= 15 is 0 Å². The maximum Gasteiger partial charge on any atom is 0.303 e. The number of anilines is 1. The van der Waals surface area contributed by atoms with Crippen molar-refractivity contribution < 1.29 is 34.1 Å². The van der Waals surface area contributed by atoms with Gasteiger partial charge in [0.15, 0.2) is 23.0 Å². The maximum absolute atomic E-state index is 13.2. The molecule has 8 nitrogen and oxygen atoms in total. The van der Waals surface area contributed by atoms with E-state index in [2.05, 4.69) is 0 Å². The summed E-state index contributed by atoms with van der Waals surface area (Å²) in [4.78, 5) is 50.3. The van der Waals surface area contributed by atoms with E-state index in [0.29, 0.717) is 0 Å². The number of benzene rings is 1. The first-order valence-electron chi connectivity index (χ1n) is 9.58. The number of Topliss-reactive ketones (excluding diaryl/α,β-unsaturated/α-hetero) is 3. The number of hydrogen-bond donors (Lipinski definition) is 3. The number of phenolic OH excluding ortho intramolecular Hbond substituents is 1. The Morgan fingerprint density at radius 2 is 1.67 bits per heavy atom. The zero-order valence-electron chi connectivity index (χ0n) is 16.5. The highest BCUT2D eigenvalue weighted by Crippen LogP contribution is 2.50. The first kappa shape index (κ1) is 20.0. The van der Waals surface area contributed by atoms with Crippen LogP contribution in [0, 0.1) is 11.8 Å². The molecule has 0 radical (unpaired) electrons. The SMILES string of the molecule is CC(=O)OC1(C(C)=O)Cc2c(N)c3c(c(O)c2C(O)C1)C(=O)C1C=CC=CC1C3=O. The quantitative estimate of drug-likeness (QED) is 0.378. The Morgan fingerprint density at radius 3 is 2.20 bits per heavy atom. The zero-order chi connectivity index (χ0) is 22.0. The fraction of sp³-hybridized carbons (Fsp3) is 0.364. The Hall–Kier alpha value is -3.26. The molecule has 1 aromatic carbocycles. The summed E-state index contributed by atoms with van der Waals surface area (Å²) in [6.45, 7) is 2.37. The minimum absolute atomic E-state index is 0.00907. The standard InChI is InChI=1S/C22H21NO7/c1-9(24)22(30-10(2)25)7-13-15(14(26)8-22)21(29)17-16(18(13)23)19(27)11-5-3-4-6-12(11)20(17)28/h3-6,11-12,14,26,29H,7-8,23H2,1-2H3. The van der Waals surface area contributed by atoms with Gasteiger partial charge in [-0.05, 0) is 12.5 Å². The molecule has 4 unspecified atom stereocenters. The summed E-state index contributed by atoms with van der Waals surface area (Å²) < 4.78 is 5.28. The molecule has 0 saturated carbocycles. The van der Waals surface area contributed by atoms with Gasteiger partial charge in [-0.15, -0.1) is 0 Å². The molecule has 3 aliphatic rings. The summed E-state index contributed by atoms with van der Waals surface area (Å²) in [7, 11) is 0. The van der Waals surface area contributed by atoms with Crippen molar-refractivity contribution in [3.63, 3.8) is 0 Å². The summed E-state index contributed by atoms with van der Waals surface area (Å²) in [5.41, 5.74) is 4.33. The summed E-state index contributed by atoms with van der Waals surface area (Å²) >= 11 is 0. The summed E-state index contributed by atoms with van der Waals surface area (Å²) in [5.74, 6) is -4.10. The molecule has 0 aliphatic heterocycles. The normalized spacial score (nSPS) is 29.1. The molecule has 4 atom stereocenters. The van der Waals surface area contributed by atoms with Crippen LogP contribution in [0.25, 0.3) is 0 Å². The van der Waals surface area contributed by atoms with Crippen LogP contribution in [0.5, 0.6) is 5.75 Å². The molecule has 0 heterocycles. The first-order chi connectivity index (χ1) is 14.1. The van der Waals surface area contributed by atoms with E-state index in [9.17, 15) is 29.4 Å². The van der Waals surface area contributed by atoms with Crippen molar-refractivity contribution in [2.45, 2.75) is 38.4 Å². The number of ketones is 3. The number of esters is 1. The Morgan fingerprint density at radius 1 is 1.10 bits per heavy atom. The van der Waals surface area contributed by atoms with Crippen LogP contribution in [-0.4, -0.2) is 39.1 Å². The van der Waals surface area contributed by atoms with Gasteiger partial charge in [0.2, 0.25) is 0 Å². The molecule has 4 rings (SSSR count). The van der Waals surface area contributed by atoms with Gasteiger partial charge in [0.05, 0.1) is 29.1 Å². The van der Waals surface area contributed by atoms with Gasteiger partial charge in [-0.25, -0.2) is 0 Å². The molecule has 3 aliphatic carbocycles. The van der Waals surface area contributed by atoms with Crippen molar-refractivity contribution in [2.24, 2.45) is 11.8 Å². The molecule has 0 aromatic heterocycles. The molecule has 0 amide bonds. The number of carbonyl (C=O) groups is 4. The molecule has 30 heavy (non-hydrogen) atoms.